The van der Waals surface area contributed by atoms with Crippen molar-refractivity contribution in [3.63, 3.8) is 0 Å². The van der Waals surface area contributed by atoms with E-state index in [1.807, 2.05) is 20.9 Å². The van der Waals surface area contributed by atoms with Crippen molar-refractivity contribution in [2.24, 2.45) is 0 Å². The van der Waals surface area contributed by atoms with E-state index in [0.717, 1.165) is 24.6 Å². The van der Waals surface area contributed by atoms with Crippen LogP contribution in [0.4, 0.5) is 11.5 Å². The van der Waals surface area contributed by atoms with E-state index < -0.39 is 0 Å². The summed E-state index contributed by atoms with van der Waals surface area (Å²) in [5.74, 6) is 1.16. The Bertz CT molecular complexity index is 355. The fourth-order valence-electron chi connectivity index (χ4n) is 2.22. The van der Waals surface area contributed by atoms with Crippen LogP contribution in [-0.2, 0) is 0 Å². The summed E-state index contributed by atoms with van der Waals surface area (Å²) in [7, 11) is 1.97. The third kappa shape index (κ3) is 3.11. The molecule has 1 aromatic heterocycles. The molecule has 1 N–H and O–H groups in total. The van der Waals surface area contributed by atoms with E-state index >= 15 is 0 Å². The number of anilines is 2. The van der Waals surface area contributed by atoms with E-state index in [4.69, 9.17) is 0 Å². The minimum atomic E-state index is 1.09. The Morgan fingerprint density at radius 3 is 2.29 bits per heavy atom. The number of nitrogens with one attached hydrogen (secondary N) is 1. The first-order valence-corrected chi connectivity index (χ1v) is 6.63. The number of aromatic nitrogens is 1. The standard InChI is InChI=1S/C12H19N3.C2H6/c1-9-8-11(13-3)10(2)12(14-9)15-6-4-5-7-15;1-2/h8H,4-7H2,1-3H3,(H,13,14);1-2H3. The largest absolute Gasteiger partial charge is 0.388 e. The molecule has 1 aliphatic heterocycles. The molecule has 1 saturated heterocycles. The molecular weight excluding hydrogens is 210 g/mol. The summed E-state index contributed by atoms with van der Waals surface area (Å²) in [6.07, 6.45) is 2.59. The zero-order valence-corrected chi connectivity index (χ0v) is 11.8. The van der Waals surface area contributed by atoms with Crippen LogP contribution >= 0.6 is 0 Å². The summed E-state index contributed by atoms with van der Waals surface area (Å²) in [5, 5.41) is 3.23. The summed E-state index contributed by atoms with van der Waals surface area (Å²) in [5.41, 5.74) is 3.56. The molecule has 1 aliphatic rings. The fraction of sp³-hybridized carbons (Fsp3) is 0.643. The van der Waals surface area contributed by atoms with Crippen LogP contribution in [0.3, 0.4) is 0 Å². The van der Waals surface area contributed by atoms with Gasteiger partial charge < -0.3 is 10.2 Å². The van der Waals surface area contributed by atoms with Gasteiger partial charge in [-0.3, -0.25) is 0 Å². The lowest BCUT2D eigenvalue weighted by Crippen LogP contribution is -2.21. The molecule has 1 aromatic rings. The fourth-order valence-corrected chi connectivity index (χ4v) is 2.22. The number of nitrogens with zero attached hydrogens (tertiary/aromatic N) is 2. The van der Waals surface area contributed by atoms with E-state index in [-0.39, 0.29) is 0 Å². The summed E-state index contributed by atoms with van der Waals surface area (Å²) in [4.78, 5) is 7.04. The molecule has 0 bridgehead atoms. The van der Waals surface area contributed by atoms with Gasteiger partial charge in [0.05, 0.1) is 0 Å². The molecule has 3 heteroatoms. The van der Waals surface area contributed by atoms with Crippen LogP contribution in [0.5, 0.6) is 0 Å². The Kier molecular flexibility index (Phi) is 5.26. The Morgan fingerprint density at radius 2 is 1.76 bits per heavy atom. The Morgan fingerprint density at radius 1 is 1.18 bits per heavy atom. The molecule has 17 heavy (non-hydrogen) atoms. The molecule has 0 aliphatic carbocycles. The van der Waals surface area contributed by atoms with Gasteiger partial charge in [-0.2, -0.15) is 0 Å². The Labute approximate surface area is 105 Å². The quantitative estimate of drug-likeness (QED) is 0.852. The average molecular weight is 235 g/mol. The van der Waals surface area contributed by atoms with Gasteiger partial charge in [0.25, 0.3) is 0 Å². The number of aryl methyl sites for hydroxylation is 1. The number of rotatable bonds is 2. The van der Waals surface area contributed by atoms with Crippen LogP contribution in [0.1, 0.15) is 37.9 Å². The second-order valence-corrected chi connectivity index (χ2v) is 4.20. The van der Waals surface area contributed by atoms with Crippen molar-refractivity contribution in [2.45, 2.75) is 40.5 Å². The number of pyridine rings is 1. The van der Waals surface area contributed by atoms with Crippen molar-refractivity contribution in [2.75, 3.05) is 30.4 Å². The lowest BCUT2D eigenvalue weighted by atomic mass is 10.2. The predicted octanol–water partition coefficient (Wildman–Crippen LogP) is 3.37. The smallest absolute Gasteiger partial charge is 0.133 e. The van der Waals surface area contributed by atoms with Gasteiger partial charge in [0.2, 0.25) is 0 Å². The third-order valence-electron chi connectivity index (χ3n) is 3.05. The normalized spacial score (nSPS) is 14.3. The number of hydrogen-bond acceptors (Lipinski definition) is 3. The van der Waals surface area contributed by atoms with Gasteiger partial charge in [0.15, 0.2) is 0 Å². The maximum Gasteiger partial charge on any atom is 0.133 e. The predicted molar refractivity (Wildman–Crippen MR) is 76.1 cm³/mol. The van der Waals surface area contributed by atoms with Crippen LogP contribution in [0.15, 0.2) is 6.07 Å². The molecule has 0 amide bonds. The van der Waals surface area contributed by atoms with E-state index in [1.54, 1.807) is 0 Å². The van der Waals surface area contributed by atoms with E-state index in [1.165, 1.54) is 24.1 Å². The van der Waals surface area contributed by atoms with Crippen molar-refractivity contribution in [3.05, 3.63) is 17.3 Å². The molecule has 1 fully saturated rings. The summed E-state index contributed by atoms with van der Waals surface area (Å²) >= 11 is 0. The Hall–Kier alpha value is -1.25. The molecular formula is C14H25N3. The highest BCUT2D eigenvalue weighted by Gasteiger charge is 2.17. The molecule has 2 rings (SSSR count). The van der Waals surface area contributed by atoms with Crippen molar-refractivity contribution in [1.82, 2.24) is 4.98 Å². The zero-order chi connectivity index (χ0) is 12.8. The molecule has 0 saturated carbocycles. The lowest BCUT2D eigenvalue weighted by molar-refractivity contribution is 0.920. The summed E-state index contributed by atoms with van der Waals surface area (Å²) in [6, 6.07) is 2.11. The second kappa shape index (κ2) is 6.48. The minimum absolute atomic E-state index is 1.09. The van der Waals surface area contributed by atoms with Gasteiger partial charge >= 0.3 is 0 Å². The van der Waals surface area contributed by atoms with Gasteiger partial charge in [-0.25, -0.2) is 4.98 Å². The lowest BCUT2D eigenvalue weighted by Gasteiger charge is -2.21. The molecule has 0 atom stereocenters. The highest BCUT2D eigenvalue weighted by molar-refractivity contribution is 5.63. The topological polar surface area (TPSA) is 28.2 Å². The van der Waals surface area contributed by atoms with Crippen molar-refractivity contribution in [3.8, 4) is 0 Å². The SMILES string of the molecule is CC.CNc1cc(C)nc(N2CCCC2)c1C. The average Bonchev–Trinajstić information content (AvgIpc) is 2.88. The van der Waals surface area contributed by atoms with Gasteiger partial charge in [-0.05, 0) is 32.8 Å². The van der Waals surface area contributed by atoms with Crippen molar-refractivity contribution < 1.29 is 0 Å². The number of hydrogen-bond donors (Lipinski definition) is 1. The van der Waals surface area contributed by atoms with E-state index in [0.29, 0.717) is 0 Å². The maximum absolute atomic E-state index is 4.65. The zero-order valence-electron chi connectivity index (χ0n) is 11.8. The first-order chi connectivity index (χ1) is 8.22. The molecule has 0 unspecified atom stereocenters. The third-order valence-corrected chi connectivity index (χ3v) is 3.05. The molecule has 3 nitrogen and oxygen atoms in total. The van der Waals surface area contributed by atoms with Crippen LogP contribution in [0, 0.1) is 13.8 Å². The Balaban J connectivity index is 0.000000686. The van der Waals surface area contributed by atoms with Crippen LogP contribution in [-0.4, -0.2) is 25.1 Å². The van der Waals surface area contributed by atoms with Gasteiger partial charge in [-0.15, -0.1) is 0 Å². The van der Waals surface area contributed by atoms with E-state index in [2.05, 4.69) is 35.1 Å². The first kappa shape index (κ1) is 13.8. The highest BCUT2D eigenvalue weighted by Crippen LogP contribution is 2.27. The first-order valence-electron chi connectivity index (χ1n) is 6.63. The maximum atomic E-state index is 4.65. The monoisotopic (exact) mass is 235 g/mol. The van der Waals surface area contributed by atoms with Gasteiger partial charge in [0, 0.05) is 37.1 Å². The van der Waals surface area contributed by atoms with Crippen LogP contribution in [0.25, 0.3) is 0 Å². The van der Waals surface area contributed by atoms with Gasteiger partial charge in [0.1, 0.15) is 5.82 Å². The molecule has 0 aromatic carbocycles. The highest BCUT2D eigenvalue weighted by atomic mass is 15.2. The van der Waals surface area contributed by atoms with Crippen LogP contribution < -0.4 is 10.2 Å². The van der Waals surface area contributed by atoms with Crippen molar-refractivity contribution >= 4 is 11.5 Å². The van der Waals surface area contributed by atoms with Crippen molar-refractivity contribution in [1.29, 1.82) is 0 Å². The second-order valence-electron chi connectivity index (χ2n) is 4.20. The molecule has 0 radical (unpaired) electrons. The van der Waals surface area contributed by atoms with Crippen LogP contribution in [0.2, 0.25) is 0 Å². The molecule has 96 valence electrons. The minimum Gasteiger partial charge on any atom is -0.388 e. The summed E-state index contributed by atoms with van der Waals surface area (Å²) < 4.78 is 0. The molecule has 2 heterocycles. The van der Waals surface area contributed by atoms with Gasteiger partial charge in [-0.1, -0.05) is 13.8 Å². The summed E-state index contributed by atoms with van der Waals surface area (Å²) in [6.45, 7) is 10.5. The molecule has 0 spiro atoms. The van der Waals surface area contributed by atoms with E-state index in [9.17, 15) is 0 Å².